The Kier molecular flexibility index (Phi) is 4.86. The van der Waals surface area contributed by atoms with Crippen molar-refractivity contribution < 1.29 is 13.9 Å². The van der Waals surface area contributed by atoms with Crippen LogP contribution in [0.4, 0.5) is 0 Å². The average molecular weight is 225 g/mol. The summed E-state index contributed by atoms with van der Waals surface area (Å²) in [7, 11) is 0. The van der Waals surface area contributed by atoms with Crippen molar-refractivity contribution in [1.82, 2.24) is 5.32 Å². The first-order valence-corrected chi connectivity index (χ1v) is 5.84. The molecule has 1 fully saturated rings. The van der Waals surface area contributed by atoms with Crippen LogP contribution in [-0.4, -0.2) is 33.0 Å². The van der Waals surface area contributed by atoms with Crippen LogP contribution in [0.1, 0.15) is 12.2 Å². The van der Waals surface area contributed by atoms with Gasteiger partial charge in [0.2, 0.25) is 0 Å². The molecule has 1 aromatic heterocycles. The normalized spacial score (nSPS) is 20.4. The third kappa shape index (κ3) is 3.96. The zero-order chi connectivity index (χ0) is 11.1. The Morgan fingerprint density at radius 1 is 1.50 bits per heavy atom. The molecule has 2 heterocycles. The fraction of sp³-hybridized carbons (Fsp3) is 0.667. The van der Waals surface area contributed by atoms with E-state index in [0.717, 1.165) is 51.7 Å². The Morgan fingerprint density at radius 2 is 2.50 bits per heavy atom. The van der Waals surface area contributed by atoms with Gasteiger partial charge in [-0.05, 0) is 18.6 Å². The van der Waals surface area contributed by atoms with Gasteiger partial charge in [-0.2, -0.15) is 0 Å². The van der Waals surface area contributed by atoms with Gasteiger partial charge in [-0.15, -0.1) is 0 Å². The minimum atomic E-state index is 0.602. The Bertz CT molecular complexity index is 268. The van der Waals surface area contributed by atoms with Crippen LogP contribution in [0.3, 0.4) is 0 Å². The third-order valence-corrected chi connectivity index (χ3v) is 2.68. The van der Waals surface area contributed by atoms with Crippen LogP contribution in [0.15, 0.2) is 22.8 Å². The fourth-order valence-corrected chi connectivity index (χ4v) is 1.73. The summed E-state index contributed by atoms with van der Waals surface area (Å²) in [4.78, 5) is 0. The molecular weight excluding hydrogens is 206 g/mol. The van der Waals surface area contributed by atoms with Crippen LogP contribution in [0.5, 0.6) is 0 Å². The van der Waals surface area contributed by atoms with Crippen molar-refractivity contribution >= 4 is 0 Å². The van der Waals surface area contributed by atoms with Crippen molar-refractivity contribution in [2.75, 3.05) is 33.0 Å². The molecule has 1 atom stereocenters. The minimum absolute atomic E-state index is 0.602. The van der Waals surface area contributed by atoms with E-state index in [1.165, 1.54) is 0 Å². The van der Waals surface area contributed by atoms with Crippen LogP contribution in [0.2, 0.25) is 0 Å². The number of hydrogen-bond acceptors (Lipinski definition) is 4. The molecule has 90 valence electrons. The molecule has 1 aliphatic heterocycles. The zero-order valence-corrected chi connectivity index (χ0v) is 9.48. The molecule has 16 heavy (non-hydrogen) atoms. The molecular formula is C12H19NO3. The largest absolute Gasteiger partial charge is 0.468 e. The number of hydrogen-bond donors (Lipinski definition) is 1. The van der Waals surface area contributed by atoms with Crippen molar-refractivity contribution in [2.24, 2.45) is 5.92 Å². The predicted molar refractivity (Wildman–Crippen MR) is 60.2 cm³/mol. The first-order valence-electron chi connectivity index (χ1n) is 5.84. The summed E-state index contributed by atoms with van der Waals surface area (Å²) in [6, 6.07) is 3.86. The van der Waals surface area contributed by atoms with E-state index in [9.17, 15) is 0 Å². The quantitative estimate of drug-likeness (QED) is 0.713. The van der Waals surface area contributed by atoms with Gasteiger partial charge in [0, 0.05) is 19.1 Å². The van der Waals surface area contributed by atoms with Crippen molar-refractivity contribution in [2.45, 2.75) is 13.0 Å². The van der Waals surface area contributed by atoms with Crippen molar-refractivity contribution in [3.63, 3.8) is 0 Å². The average Bonchev–Trinajstić information content (AvgIpc) is 2.96. The topological polar surface area (TPSA) is 43.6 Å². The SMILES string of the molecule is c1coc(CNCCOCC2CCOC2)c1. The molecule has 0 spiro atoms. The molecule has 4 nitrogen and oxygen atoms in total. The van der Waals surface area contributed by atoms with E-state index >= 15 is 0 Å². The molecule has 0 radical (unpaired) electrons. The second-order valence-corrected chi connectivity index (χ2v) is 4.06. The molecule has 2 rings (SSSR count). The summed E-state index contributed by atoms with van der Waals surface area (Å²) in [5.74, 6) is 1.56. The second kappa shape index (κ2) is 6.68. The highest BCUT2D eigenvalue weighted by atomic mass is 16.5. The van der Waals surface area contributed by atoms with Gasteiger partial charge in [-0.3, -0.25) is 0 Å². The Morgan fingerprint density at radius 3 is 3.25 bits per heavy atom. The van der Waals surface area contributed by atoms with E-state index in [-0.39, 0.29) is 0 Å². The summed E-state index contributed by atoms with van der Waals surface area (Å²) in [5.41, 5.74) is 0. The zero-order valence-electron chi connectivity index (χ0n) is 9.48. The Labute approximate surface area is 95.9 Å². The fourth-order valence-electron chi connectivity index (χ4n) is 1.73. The summed E-state index contributed by atoms with van der Waals surface area (Å²) in [5, 5.41) is 3.26. The molecule has 1 aromatic rings. The van der Waals surface area contributed by atoms with Gasteiger partial charge >= 0.3 is 0 Å². The van der Waals surface area contributed by atoms with Gasteiger partial charge in [0.15, 0.2) is 0 Å². The van der Waals surface area contributed by atoms with Crippen molar-refractivity contribution in [3.05, 3.63) is 24.2 Å². The second-order valence-electron chi connectivity index (χ2n) is 4.06. The highest BCUT2D eigenvalue weighted by Gasteiger charge is 2.14. The number of ether oxygens (including phenoxy) is 2. The molecule has 1 unspecified atom stereocenters. The van der Waals surface area contributed by atoms with Crippen LogP contribution in [0.25, 0.3) is 0 Å². The minimum Gasteiger partial charge on any atom is -0.468 e. The Balaban J connectivity index is 1.43. The smallest absolute Gasteiger partial charge is 0.117 e. The highest BCUT2D eigenvalue weighted by Crippen LogP contribution is 2.11. The number of rotatable bonds is 7. The maximum Gasteiger partial charge on any atom is 0.117 e. The summed E-state index contributed by atoms with van der Waals surface area (Å²) in [6.45, 7) is 4.95. The lowest BCUT2D eigenvalue weighted by Crippen LogP contribution is -2.20. The van der Waals surface area contributed by atoms with Crippen LogP contribution in [-0.2, 0) is 16.0 Å². The summed E-state index contributed by atoms with van der Waals surface area (Å²) < 4.78 is 16.0. The van der Waals surface area contributed by atoms with Crippen molar-refractivity contribution in [1.29, 1.82) is 0 Å². The van der Waals surface area contributed by atoms with Gasteiger partial charge in [0.05, 0.1) is 32.6 Å². The highest BCUT2D eigenvalue weighted by molar-refractivity contribution is 4.97. The molecule has 0 amide bonds. The van der Waals surface area contributed by atoms with E-state index in [1.807, 2.05) is 12.1 Å². The monoisotopic (exact) mass is 225 g/mol. The molecule has 0 bridgehead atoms. The molecule has 1 N–H and O–H groups in total. The summed E-state index contributed by atoms with van der Waals surface area (Å²) in [6.07, 6.45) is 2.83. The van der Waals surface area contributed by atoms with Crippen LogP contribution < -0.4 is 5.32 Å². The van der Waals surface area contributed by atoms with Crippen LogP contribution in [0, 0.1) is 5.92 Å². The molecule has 4 heteroatoms. The van der Waals surface area contributed by atoms with E-state index in [1.54, 1.807) is 6.26 Å². The van der Waals surface area contributed by atoms with Gasteiger partial charge < -0.3 is 19.2 Å². The maximum absolute atomic E-state index is 5.56. The molecule has 0 saturated carbocycles. The number of furan rings is 1. The predicted octanol–water partition coefficient (Wildman–Crippen LogP) is 1.42. The van der Waals surface area contributed by atoms with Gasteiger partial charge in [0.1, 0.15) is 5.76 Å². The molecule has 1 aliphatic rings. The third-order valence-electron chi connectivity index (χ3n) is 2.68. The van der Waals surface area contributed by atoms with Crippen molar-refractivity contribution in [3.8, 4) is 0 Å². The Hall–Kier alpha value is -0.840. The first kappa shape index (κ1) is 11.6. The standard InChI is InChI=1S/C12H19NO3/c1-2-12(16-5-1)8-13-4-7-15-10-11-3-6-14-9-11/h1-2,5,11,13H,3-4,6-10H2. The van der Waals surface area contributed by atoms with Gasteiger partial charge in [0.25, 0.3) is 0 Å². The van der Waals surface area contributed by atoms with Gasteiger partial charge in [-0.1, -0.05) is 0 Å². The maximum atomic E-state index is 5.56. The van der Waals surface area contributed by atoms with E-state index in [2.05, 4.69) is 5.32 Å². The first-order chi connectivity index (χ1) is 7.95. The molecule has 0 aliphatic carbocycles. The molecule has 0 aromatic carbocycles. The van der Waals surface area contributed by atoms with E-state index in [4.69, 9.17) is 13.9 Å². The lowest BCUT2D eigenvalue weighted by Gasteiger charge is -2.08. The lowest BCUT2D eigenvalue weighted by atomic mass is 10.1. The number of nitrogens with one attached hydrogen (secondary N) is 1. The van der Waals surface area contributed by atoms with Gasteiger partial charge in [-0.25, -0.2) is 0 Å². The van der Waals surface area contributed by atoms with Crippen LogP contribution >= 0.6 is 0 Å². The lowest BCUT2D eigenvalue weighted by molar-refractivity contribution is 0.0910. The summed E-state index contributed by atoms with van der Waals surface area (Å²) >= 11 is 0. The van der Waals surface area contributed by atoms with E-state index in [0.29, 0.717) is 5.92 Å². The molecule has 1 saturated heterocycles. The van der Waals surface area contributed by atoms with E-state index < -0.39 is 0 Å².